The van der Waals surface area contributed by atoms with E-state index in [4.69, 9.17) is 40.6 Å². The normalized spacial score (nSPS) is 13.2. The fraction of sp³-hybridized carbons (Fsp3) is 0.241. The summed E-state index contributed by atoms with van der Waals surface area (Å²) < 4.78 is 33.3. The lowest BCUT2D eigenvalue weighted by Gasteiger charge is -2.27. The van der Waals surface area contributed by atoms with Crippen LogP contribution >= 0.6 is 12.2 Å². The first-order valence-electron chi connectivity index (χ1n) is 12.6. The number of thiocarbonyl (C=S) groups is 1. The fourth-order valence-corrected chi connectivity index (χ4v) is 4.91. The highest BCUT2D eigenvalue weighted by atomic mass is 32.1. The van der Waals surface area contributed by atoms with E-state index in [-0.39, 0.29) is 18.9 Å². The van der Waals surface area contributed by atoms with Crippen LogP contribution in [0.4, 0.5) is 5.69 Å². The molecule has 10 nitrogen and oxygen atoms in total. The van der Waals surface area contributed by atoms with Crippen LogP contribution in [0.25, 0.3) is 10.9 Å². The molecule has 2 aliphatic heterocycles. The quantitative estimate of drug-likeness (QED) is 0.315. The molecule has 1 aromatic heterocycles. The smallest absolute Gasteiger partial charge is 0.253 e. The summed E-state index contributed by atoms with van der Waals surface area (Å²) in [5, 5.41) is 4.51. The second-order valence-electron chi connectivity index (χ2n) is 9.25. The van der Waals surface area contributed by atoms with Crippen LogP contribution in [-0.4, -0.2) is 49.2 Å². The molecular weight excluding hydrogens is 534 g/mol. The van der Waals surface area contributed by atoms with Crippen LogP contribution < -0.4 is 39.3 Å². The Kier molecular flexibility index (Phi) is 6.95. The number of nitrogens with one attached hydrogen (secondary N) is 2. The molecule has 40 heavy (non-hydrogen) atoms. The highest BCUT2D eigenvalue weighted by Gasteiger charge is 2.20. The maximum absolute atomic E-state index is 13.2. The number of benzene rings is 3. The van der Waals surface area contributed by atoms with E-state index in [0.717, 1.165) is 10.9 Å². The molecule has 4 aromatic rings. The van der Waals surface area contributed by atoms with Gasteiger partial charge in [-0.2, -0.15) is 0 Å². The van der Waals surface area contributed by atoms with Crippen LogP contribution in [0.5, 0.6) is 34.5 Å². The van der Waals surface area contributed by atoms with Crippen LogP contribution in [0.2, 0.25) is 0 Å². The molecule has 2 aliphatic rings. The van der Waals surface area contributed by atoms with Gasteiger partial charge in [0, 0.05) is 29.6 Å². The predicted octanol–water partition coefficient (Wildman–Crippen LogP) is 4.44. The summed E-state index contributed by atoms with van der Waals surface area (Å²) in [6, 6.07) is 16.7. The third kappa shape index (κ3) is 5.15. The SMILES string of the molecule is COc1ccc(NC(=S)N(Cc2ccc3c(c2)OCO3)Cc2cc3cc4c(cc3[nH]c2=O)OCCO4)c(OC)c1. The first kappa shape index (κ1) is 25.6. The lowest BCUT2D eigenvalue weighted by Crippen LogP contribution is -2.35. The number of aromatic amines is 1. The summed E-state index contributed by atoms with van der Waals surface area (Å²) >= 11 is 5.87. The molecule has 0 bridgehead atoms. The highest BCUT2D eigenvalue weighted by molar-refractivity contribution is 7.80. The summed E-state index contributed by atoms with van der Waals surface area (Å²) in [7, 11) is 3.17. The minimum Gasteiger partial charge on any atom is -0.497 e. The fourth-order valence-electron chi connectivity index (χ4n) is 4.67. The van der Waals surface area contributed by atoms with E-state index in [1.165, 1.54) is 0 Å². The number of hydrogen-bond acceptors (Lipinski definition) is 8. The van der Waals surface area contributed by atoms with Gasteiger partial charge < -0.3 is 43.6 Å². The van der Waals surface area contributed by atoms with Crippen LogP contribution in [0, 0.1) is 0 Å². The molecule has 0 atom stereocenters. The number of nitrogens with zero attached hydrogens (tertiary/aromatic N) is 1. The largest absolute Gasteiger partial charge is 0.497 e. The zero-order chi connectivity index (χ0) is 27.6. The summed E-state index contributed by atoms with van der Waals surface area (Å²) in [5.41, 5.74) is 2.59. The lowest BCUT2D eigenvalue weighted by atomic mass is 10.1. The number of pyridine rings is 1. The third-order valence-electron chi connectivity index (χ3n) is 6.69. The first-order valence-corrected chi connectivity index (χ1v) is 13.0. The van der Waals surface area contributed by atoms with Crippen molar-refractivity contribution in [3.63, 3.8) is 0 Å². The van der Waals surface area contributed by atoms with Crippen molar-refractivity contribution in [2.24, 2.45) is 0 Å². The molecule has 3 aromatic carbocycles. The van der Waals surface area contributed by atoms with Gasteiger partial charge in [-0.15, -0.1) is 0 Å². The van der Waals surface area contributed by atoms with E-state index in [1.54, 1.807) is 26.4 Å². The summed E-state index contributed by atoms with van der Waals surface area (Å²) in [6.07, 6.45) is 0. The van der Waals surface area contributed by atoms with Crippen molar-refractivity contribution < 1.29 is 28.4 Å². The van der Waals surface area contributed by atoms with Crippen molar-refractivity contribution in [3.8, 4) is 34.5 Å². The highest BCUT2D eigenvalue weighted by Crippen LogP contribution is 2.35. The number of fused-ring (bicyclic) bond motifs is 3. The molecule has 3 heterocycles. The number of hydrogen-bond donors (Lipinski definition) is 2. The maximum atomic E-state index is 13.2. The molecular formula is C29H27N3O7S. The standard InChI is InChI=1S/C29H27N3O7S/c1-34-20-4-5-21(24(12-20)35-2)31-29(40)32(14-17-3-6-23-25(9-17)39-16-38-23)15-19-10-18-11-26-27(37-8-7-36-26)13-22(18)30-28(19)33/h3-6,9-13H,7-8,14-16H2,1-2H3,(H,30,33)(H,31,40). The zero-order valence-corrected chi connectivity index (χ0v) is 22.8. The van der Waals surface area contributed by atoms with Crippen LogP contribution in [0.3, 0.4) is 0 Å². The minimum absolute atomic E-state index is 0.185. The van der Waals surface area contributed by atoms with E-state index in [1.807, 2.05) is 47.4 Å². The summed E-state index contributed by atoms with van der Waals surface area (Å²) in [5.74, 6) is 3.86. The van der Waals surface area contributed by atoms with Gasteiger partial charge in [-0.3, -0.25) is 4.79 Å². The number of ether oxygens (including phenoxy) is 6. The molecule has 0 saturated carbocycles. The Labute approximate surface area is 235 Å². The Hall–Kier alpha value is -4.64. The second kappa shape index (κ2) is 10.9. The van der Waals surface area contributed by atoms with Gasteiger partial charge in [0.25, 0.3) is 5.56 Å². The van der Waals surface area contributed by atoms with Gasteiger partial charge in [0.15, 0.2) is 28.1 Å². The van der Waals surface area contributed by atoms with Gasteiger partial charge in [-0.05, 0) is 54.2 Å². The molecule has 6 rings (SSSR count). The second-order valence-corrected chi connectivity index (χ2v) is 9.63. The van der Waals surface area contributed by atoms with Crippen molar-refractivity contribution >= 4 is 33.9 Å². The molecule has 206 valence electrons. The Morgan fingerprint density at radius 2 is 1.68 bits per heavy atom. The lowest BCUT2D eigenvalue weighted by molar-refractivity contribution is 0.172. The van der Waals surface area contributed by atoms with Crippen molar-refractivity contribution in [1.82, 2.24) is 9.88 Å². The van der Waals surface area contributed by atoms with Gasteiger partial charge in [-0.25, -0.2) is 0 Å². The Bertz CT molecular complexity index is 1660. The van der Waals surface area contributed by atoms with Crippen molar-refractivity contribution in [3.05, 3.63) is 76.1 Å². The van der Waals surface area contributed by atoms with Gasteiger partial charge >= 0.3 is 0 Å². The van der Waals surface area contributed by atoms with Gasteiger partial charge in [-0.1, -0.05) is 6.07 Å². The first-order chi connectivity index (χ1) is 19.5. The Morgan fingerprint density at radius 1 is 0.900 bits per heavy atom. The third-order valence-corrected chi connectivity index (χ3v) is 7.05. The topological polar surface area (TPSA) is 104 Å². The number of methoxy groups -OCH3 is 2. The van der Waals surface area contributed by atoms with Crippen LogP contribution in [0.15, 0.2) is 59.4 Å². The number of rotatable bonds is 7. The van der Waals surface area contributed by atoms with E-state index >= 15 is 0 Å². The molecule has 0 amide bonds. The van der Waals surface area contributed by atoms with E-state index in [9.17, 15) is 4.79 Å². The molecule has 0 saturated heterocycles. The van der Waals surface area contributed by atoms with Crippen LogP contribution in [0.1, 0.15) is 11.1 Å². The van der Waals surface area contributed by atoms with Crippen LogP contribution in [-0.2, 0) is 13.1 Å². The average Bonchev–Trinajstić information content (AvgIpc) is 3.44. The van der Waals surface area contributed by atoms with Gasteiger partial charge in [0.1, 0.15) is 24.7 Å². The van der Waals surface area contributed by atoms with Crippen molar-refractivity contribution in [2.75, 3.05) is 39.5 Å². The van der Waals surface area contributed by atoms with Gasteiger partial charge in [0.05, 0.1) is 32.0 Å². The average molecular weight is 562 g/mol. The van der Waals surface area contributed by atoms with Gasteiger partial charge in [0.2, 0.25) is 6.79 Å². The molecule has 11 heteroatoms. The van der Waals surface area contributed by atoms with E-state index in [2.05, 4.69) is 10.3 Å². The maximum Gasteiger partial charge on any atom is 0.253 e. The monoisotopic (exact) mass is 561 g/mol. The number of anilines is 1. The van der Waals surface area contributed by atoms with Crippen molar-refractivity contribution in [2.45, 2.75) is 13.1 Å². The molecule has 0 spiro atoms. The zero-order valence-electron chi connectivity index (χ0n) is 21.9. The van der Waals surface area contributed by atoms with Crippen molar-refractivity contribution in [1.29, 1.82) is 0 Å². The number of H-pyrrole nitrogens is 1. The predicted molar refractivity (Wildman–Crippen MR) is 153 cm³/mol. The summed E-state index contributed by atoms with van der Waals surface area (Å²) in [6.45, 7) is 1.77. The van der Waals surface area contributed by atoms with E-state index in [0.29, 0.717) is 76.1 Å². The summed E-state index contributed by atoms with van der Waals surface area (Å²) in [4.78, 5) is 18.1. The molecule has 0 aliphatic carbocycles. The minimum atomic E-state index is -0.218. The molecule has 0 fully saturated rings. The molecule has 0 unspecified atom stereocenters. The molecule has 0 radical (unpaired) electrons. The Morgan fingerprint density at radius 3 is 2.48 bits per heavy atom. The Balaban J connectivity index is 1.33. The number of aromatic nitrogens is 1. The molecule has 2 N–H and O–H groups in total. The van der Waals surface area contributed by atoms with E-state index < -0.39 is 0 Å².